The van der Waals surface area contributed by atoms with Gasteiger partial charge in [0.2, 0.25) is 5.91 Å². The second-order valence-corrected chi connectivity index (χ2v) is 8.33. The SMILES string of the molecule is CC(C)CNC(=O)[C@H](C)N(Cc1ccccc1)C(=O)COc1ccc(C(C)C)cc1. The van der Waals surface area contributed by atoms with E-state index in [1.165, 1.54) is 5.56 Å². The lowest BCUT2D eigenvalue weighted by Gasteiger charge is -2.29. The molecule has 5 heteroatoms. The molecule has 0 saturated carbocycles. The molecule has 0 fully saturated rings. The Labute approximate surface area is 180 Å². The van der Waals surface area contributed by atoms with Crippen molar-refractivity contribution >= 4 is 11.8 Å². The number of carbonyl (C=O) groups excluding carboxylic acids is 2. The smallest absolute Gasteiger partial charge is 0.261 e. The summed E-state index contributed by atoms with van der Waals surface area (Å²) in [5.74, 6) is 1.04. The van der Waals surface area contributed by atoms with Crippen molar-refractivity contribution in [1.82, 2.24) is 10.2 Å². The molecule has 0 spiro atoms. The van der Waals surface area contributed by atoms with Crippen LogP contribution in [0.15, 0.2) is 54.6 Å². The molecule has 1 N–H and O–H groups in total. The van der Waals surface area contributed by atoms with Crippen LogP contribution in [0.1, 0.15) is 51.7 Å². The molecule has 2 aromatic carbocycles. The quantitative estimate of drug-likeness (QED) is 0.632. The van der Waals surface area contributed by atoms with Gasteiger partial charge in [-0.1, -0.05) is 70.2 Å². The number of nitrogens with one attached hydrogen (secondary N) is 1. The van der Waals surface area contributed by atoms with E-state index in [4.69, 9.17) is 4.74 Å². The van der Waals surface area contributed by atoms with E-state index >= 15 is 0 Å². The minimum atomic E-state index is -0.594. The first-order valence-electron chi connectivity index (χ1n) is 10.6. The van der Waals surface area contributed by atoms with Crippen molar-refractivity contribution in [3.8, 4) is 5.75 Å². The van der Waals surface area contributed by atoms with E-state index in [-0.39, 0.29) is 18.4 Å². The number of ether oxygens (including phenoxy) is 1. The Morgan fingerprint density at radius 3 is 2.13 bits per heavy atom. The van der Waals surface area contributed by atoms with Crippen LogP contribution in [0.5, 0.6) is 5.75 Å². The van der Waals surface area contributed by atoms with E-state index in [1.54, 1.807) is 11.8 Å². The van der Waals surface area contributed by atoms with E-state index in [0.717, 1.165) is 5.56 Å². The lowest BCUT2D eigenvalue weighted by Crippen LogP contribution is -2.49. The molecule has 0 saturated heterocycles. The number of carbonyl (C=O) groups is 2. The number of nitrogens with zero attached hydrogens (tertiary/aromatic N) is 1. The summed E-state index contributed by atoms with van der Waals surface area (Å²) in [6.07, 6.45) is 0. The van der Waals surface area contributed by atoms with Crippen molar-refractivity contribution < 1.29 is 14.3 Å². The standard InChI is InChI=1S/C25H34N2O3/c1-18(2)15-26-25(29)20(5)27(16-21-9-7-6-8-10-21)24(28)17-30-23-13-11-22(12-14-23)19(3)4/h6-14,18-20H,15-17H2,1-5H3,(H,26,29)/t20-/m0/s1. The minimum Gasteiger partial charge on any atom is -0.484 e. The van der Waals surface area contributed by atoms with E-state index < -0.39 is 6.04 Å². The van der Waals surface area contributed by atoms with Crippen molar-refractivity contribution in [2.45, 2.75) is 53.1 Å². The maximum absolute atomic E-state index is 13.0. The number of rotatable bonds is 10. The monoisotopic (exact) mass is 410 g/mol. The van der Waals surface area contributed by atoms with Gasteiger partial charge in [-0.05, 0) is 42.0 Å². The highest BCUT2D eigenvalue weighted by Crippen LogP contribution is 2.19. The van der Waals surface area contributed by atoms with Gasteiger partial charge in [-0.2, -0.15) is 0 Å². The van der Waals surface area contributed by atoms with Crippen molar-refractivity contribution in [2.24, 2.45) is 5.92 Å². The summed E-state index contributed by atoms with van der Waals surface area (Å²) in [6, 6.07) is 16.9. The molecule has 0 unspecified atom stereocenters. The van der Waals surface area contributed by atoms with Crippen LogP contribution in [-0.4, -0.2) is 35.9 Å². The third-order valence-corrected chi connectivity index (χ3v) is 4.96. The number of hydrogen-bond acceptors (Lipinski definition) is 3. The number of hydrogen-bond donors (Lipinski definition) is 1. The molecule has 5 nitrogen and oxygen atoms in total. The lowest BCUT2D eigenvalue weighted by atomic mass is 10.0. The molecule has 0 bridgehead atoms. The molecule has 162 valence electrons. The Kier molecular flexibility index (Phi) is 8.90. The third-order valence-electron chi connectivity index (χ3n) is 4.96. The molecular formula is C25H34N2O3. The molecule has 30 heavy (non-hydrogen) atoms. The fourth-order valence-corrected chi connectivity index (χ4v) is 2.99. The van der Waals surface area contributed by atoms with Crippen LogP contribution in [0, 0.1) is 5.92 Å². The van der Waals surface area contributed by atoms with E-state index in [9.17, 15) is 9.59 Å². The fraction of sp³-hybridized carbons (Fsp3) is 0.440. The normalized spacial score (nSPS) is 12.0. The Morgan fingerprint density at radius 1 is 0.933 bits per heavy atom. The lowest BCUT2D eigenvalue weighted by molar-refractivity contribution is -0.142. The summed E-state index contributed by atoms with van der Waals surface area (Å²) in [4.78, 5) is 27.2. The highest BCUT2D eigenvalue weighted by atomic mass is 16.5. The fourth-order valence-electron chi connectivity index (χ4n) is 2.99. The molecule has 0 heterocycles. The topological polar surface area (TPSA) is 58.6 Å². The Balaban J connectivity index is 2.07. The van der Waals surface area contributed by atoms with Crippen molar-refractivity contribution in [1.29, 1.82) is 0 Å². The predicted octanol–water partition coefficient (Wildman–Crippen LogP) is 4.38. The summed E-state index contributed by atoms with van der Waals surface area (Å²) >= 11 is 0. The second kappa shape index (κ2) is 11.4. The van der Waals surface area contributed by atoms with Gasteiger partial charge in [-0.15, -0.1) is 0 Å². The van der Waals surface area contributed by atoms with Crippen LogP contribution in [0.25, 0.3) is 0 Å². The summed E-state index contributed by atoms with van der Waals surface area (Å²) < 4.78 is 5.73. The first-order valence-corrected chi connectivity index (χ1v) is 10.6. The Bertz CT molecular complexity index is 801. The first kappa shape index (κ1) is 23.5. The summed E-state index contributed by atoms with van der Waals surface area (Å²) in [6.45, 7) is 10.9. The number of benzene rings is 2. The predicted molar refractivity (Wildman–Crippen MR) is 120 cm³/mol. The van der Waals surface area contributed by atoms with Crippen molar-refractivity contribution in [3.05, 3.63) is 65.7 Å². The molecule has 0 aliphatic rings. The van der Waals surface area contributed by atoms with Crippen LogP contribution in [0.2, 0.25) is 0 Å². The highest BCUT2D eigenvalue weighted by Gasteiger charge is 2.26. The molecular weight excluding hydrogens is 376 g/mol. The zero-order chi connectivity index (χ0) is 22.1. The summed E-state index contributed by atoms with van der Waals surface area (Å²) in [5, 5.41) is 2.92. The molecule has 1 atom stereocenters. The van der Waals surface area contributed by atoms with Crippen molar-refractivity contribution in [2.75, 3.05) is 13.2 Å². The first-order chi connectivity index (χ1) is 14.3. The van der Waals surface area contributed by atoms with Gasteiger partial charge in [0, 0.05) is 13.1 Å². The van der Waals surface area contributed by atoms with Crippen LogP contribution in [0.4, 0.5) is 0 Å². The maximum Gasteiger partial charge on any atom is 0.261 e. The average molecular weight is 411 g/mol. The van der Waals surface area contributed by atoms with Gasteiger partial charge in [0.1, 0.15) is 11.8 Å². The van der Waals surface area contributed by atoms with Crippen LogP contribution in [-0.2, 0) is 16.1 Å². The highest BCUT2D eigenvalue weighted by molar-refractivity contribution is 5.87. The van der Waals surface area contributed by atoms with Gasteiger partial charge in [0.25, 0.3) is 5.91 Å². The largest absolute Gasteiger partial charge is 0.484 e. The van der Waals surface area contributed by atoms with Gasteiger partial charge in [0.05, 0.1) is 0 Å². The molecule has 2 rings (SSSR count). The average Bonchev–Trinajstić information content (AvgIpc) is 2.74. The number of amides is 2. The van der Waals surface area contributed by atoms with Gasteiger partial charge in [-0.3, -0.25) is 9.59 Å². The molecule has 0 aromatic heterocycles. The molecule has 2 aromatic rings. The maximum atomic E-state index is 13.0. The van der Waals surface area contributed by atoms with Crippen molar-refractivity contribution in [3.63, 3.8) is 0 Å². The summed E-state index contributed by atoms with van der Waals surface area (Å²) in [7, 11) is 0. The molecule has 0 aliphatic heterocycles. The van der Waals surface area contributed by atoms with Gasteiger partial charge in [0.15, 0.2) is 6.61 Å². The zero-order valence-electron chi connectivity index (χ0n) is 18.7. The van der Waals surface area contributed by atoms with Gasteiger partial charge >= 0.3 is 0 Å². The van der Waals surface area contributed by atoms with Crippen LogP contribution in [0.3, 0.4) is 0 Å². The van der Waals surface area contributed by atoms with Gasteiger partial charge in [-0.25, -0.2) is 0 Å². The minimum absolute atomic E-state index is 0.115. The van der Waals surface area contributed by atoms with E-state index in [2.05, 4.69) is 19.2 Å². The summed E-state index contributed by atoms with van der Waals surface area (Å²) in [5.41, 5.74) is 2.19. The molecule has 2 amide bonds. The van der Waals surface area contributed by atoms with Crippen LogP contribution >= 0.6 is 0 Å². The Morgan fingerprint density at radius 2 is 1.57 bits per heavy atom. The van der Waals surface area contributed by atoms with Crippen LogP contribution < -0.4 is 10.1 Å². The molecule has 0 aliphatic carbocycles. The van der Waals surface area contributed by atoms with E-state index in [0.29, 0.717) is 30.7 Å². The molecule has 0 radical (unpaired) electrons. The second-order valence-electron chi connectivity index (χ2n) is 8.33. The third kappa shape index (κ3) is 7.21. The zero-order valence-corrected chi connectivity index (χ0v) is 18.7. The van der Waals surface area contributed by atoms with E-state index in [1.807, 2.05) is 68.4 Å². The Hall–Kier alpha value is -2.82. The van der Waals surface area contributed by atoms with Gasteiger partial charge < -0.3 is 15.0 Å².